The van der Waals surface area contributed by atoms with Crippen molar-refractivity contribution in [2.24, 2.45) is 7.05 Å². The van der Waals surface area contributed by atoms with Crippen LogP contribution in [0.15, 0.2) is 27.5 Å². The molecule has 0 fully saturated rings. The maximum absolute atomic E-state index is 12.8. The first-order valence-electron chi connectivity index (χ1n) is 8.52. The number of carbonyl (C=O) groups excluding carboxylic acids is 1. The molecule has 1 aliphatic carbocycles. The highest BCUT2D eigenvalue weighted by Crippen LogP contribution is 2.35. The maximum Gasteiger partial charge on any atom is 0.262 e. The lowest BCUT2D eigenvalue weighted by Gasteiger charge is -2.13. The summed E-state index contributed by atoms with van der Waals surface area (Å²) >= 11 is 4.59. The summed E-state index contributed by atoms with van der Waals surface area (Å²) in [5.74, 6) is -0.0496. The Labute approximate surface area is 163 Å². The molecular weight excluding hydrogens is 386 g/mol. The van der Waals surface area contributed by atoms with Gasteiger partial charge in [0.25, 0.3) is 5.56 Å². The van der Waals surface area contributed by atoms with E-state index in [1.807, 2.05) is 24.4 Å². The third kappa shape index (κ3) is 3.21. The molecule has 0 saturated heterocycles. The van der Waals surface area contributed by atoms with Crippen LogP contribution in [0.1, 0.15) is 28.7 Å². The van der Waals surface area contributed by atoms with E-state index in [0.29, 0.717) is 11.7 Å². The lowest BCUT2D eigenvalue weighted by molar-refractivity contribution is -0.120. The summed E-state index contributed by atoms with van der Waals surface area (Å²) in [5.41, 5.74) is 1.19. The average Bonchev–Trinajstić information content (AvgIpc) is 3.34. The van der Waals surface area contributed by atoms with Crippen LogP contribution in [-0.2, 0) is 31.2 Å². The van der Waals surface area contributed by atoms with Crippen LogP contribution in [0.25, 0.3) is 10.2 Å². The minimum Gasteiger partial charge on any atom is -0.350 e. The molecule has 0 spiro atoms. The highest BCUT2D eigenvalue weighted by atomic mass is 32.2. The van der Waals surface area contributed by atoms with Gasteiger partial charge < -0.3 is 5.32 Å². The van der Waals surface area contributed by atoms with Gasteiger partial charge in [0.15, 0.2) is 5.16 Å². The molecular formula is C18H19N3O2S3. The van der Waals surface area contributed by atoms with Crippen LogP contribution in [0.3, 0.4) is 0 Å². The number of rotatable bonds is 5. The second-order valence-corrected chi connectivity index (χ2v) is 9.78. The zero-order valence-electron chi connectivity index (χ0n) is 14.6. The van der Waals surface area contributed by atoms with Crippen molar-refractivity contribution in [2.75, 3.05) is 0 Å². The molecule has 0 aliphatic heterocycles. The van der Waals surface area contributed by atoms with Gasteiger partial charge in [-0.1, -0.05) is 17.8 Å². The van der Waals surface area contributed by atoms with Crippen molar-refractivity contribution >= 4 is 50.6 Å². The van der Waals surface area contributed by atoms with E-state index in [1.54, 1.807) is 34.3 Å². The van der Waals surface area contributed by atoms with Gasteiger partial charge in [0, 0.05) is 16.8 Å². The van der Waals surface area contributed by atoms with Crippen LogP contribution in [0.5, 0.6) is 0 Å². The van der Waals surface area contributed by atoms with Crippen LogP contribution in [0.4, 0.5) is 0 Å². The fraction of sp³-hybridized carbons (Fsp3) is 0.389. The fourth-order valence-electron chi connectivity index (χ4n) is 3.15. The van der Waals surface area contributed by atoms with Gasteiger partial charge in [-0.25, -0.2) is 4.98 Å². The number of thioether (sulfide) groups is 1. The first-order chi connectivity index (χ1) is 12.5. The van der Waals surface area contributed by atoms with Crippen molar-refractivity contribution in [3.05, 3.63) is 43.2 Å². The van der Waals surface area contributed by atoms with Crippen LogP contribution < -0.4 is 10.9 Å². The Morgan fingerprint density at radius 3 is 3.08 bits per heavy atom. The van der Waals surface area contributed by atoms with Gasteiger partial charge >= 0.3 is 0 Å². The van der Waals surface area contributed by atoms with Gasteiger partial charge in [-0.3, -0.25) is 14.2 Å². The average molecular weight is 406 g/mol. The van der Waals surface area contributed by atoms with Crippen LogP contribution >= 0.6 is 34.4 Å². The molecule has 0 saturated carbocycles. The number of aryl methyl sites for hydroxylation is 2. The van der Waals surface area contributed by atoms with E-state index in [1.165, 1.54) is 22.2 Å². The van der Waals surface area contributed by atoms with Crippen molar-refractivity contribution in [1.82, 2.24) is 14.9 Å². The molecule has 1 amide bonds. The largest absolute Gasteiger partial charge is 0.350 e. The summed E-state index contributed by atoms with van der Waals surface area (Å²) in [6.45, 7) is 2.38. The molecule has 0 aromatic carbocycles. The standard InChI is InChI=1S/C18H19N3O2S3/c1-10(15(22)19-9-11-5-4-8-24-11)25-18-20-16-14(17(23)21(18)2)12-6-3-7-13(12)26-16/h4-5,8,10H,3,6-7,9H2,1-2H3,(H,19,22)/t10-/m0/s1. The second-order valence-electron chi connectivity index (χ2n) is 6.35. The highest BCUT2D eigenvalue weighted by molar-refractivity contribution is 8.00. The van der Waals surface area contributed by atoms with Crippen molar-refractivity contribution in [1.29, 1.82) is 0 Å². The van der Waals surface area contributed by atoms with E-state index in [-0.39, 0.29) is 16.7 Å². The Kier molecular flexibility index (Phi) is 4.90. The van der Waals surface area contributed by atoms with Crippen LogP contribution in [0, 0.1) is 0 Å². The minimum absolute atomic E-state index is 0.00286. The Morgan fingerprint density at radius 1 is 1.46 bits per heavy atom. The molecule has 136 valence electrons. The maximum atomic E-state index is 12.8. The molecule has 5 nitrogen and oxygen atoms in total. The summed E-state index contributed by atoms with van der Waals surface area (Å²) in [6, 6.07) is 3.97. The number of thiophene rings is 2. The summed E-state index contributed by atoms with van der Waals surface area (Å²) in [6.07, 6.45) is 3.14. The van der Waals surface area contributed by atoms with Gasteiger partial charge in [0.1, 0.15) is 4.83 Å². The number of aromatic nitrogens is 2. The molecule has 1 N–H and O–H groups in total. The molecule has 26 heavy (non-hydrogen) atoms. The third-order valence-electron chi connectivity index (χ3n) is 4.57. The van der Waals surface area contributed by atoms with Crippen molar-refractivity contribution in [3.8, 4) is 0 Å². The Hall–Kier alpha value is -1.64. The van der Waals surface area contributed by atoms with Gasteiger partial charge in [-0.05, 0) is 43.2 Å². The molecule has 0 bridgehead atoms. The molecule has 3 heterocycles. The second kappa shape index (κ2) is 7.17. The van der Waals surface area contributed by atoms with Crippen molar-refractivity contribution < 1.29 is 4.79 Å². The zero-order chi connectivity index (χ0) is 18.3. The molecule has 8 heteroatoms. The first-order valence-corrected chi connectivity index (χ1v) is 11.1. The molecule has 3 aromatic rings. The van der Waals surface area contributed by atoms with Crippen molar-refractivity contribution in [2.45, 2.75) is 43.1 Å². The quantitative estimate of drug-likeness (QED) is 0.522. The number of hydrogen-bond acceptors (Lipinski definition) is 6. The Bertz CT molecular complexity index is 1020. The van der Waals surface area contributed by atoms with Gasteiger partial charge in [-0.2, -0.15) is 0 Å². The van der Waals surface area contributed by atoms with Crippen LogP contribution in [-0.4, -0.2) is 20.7 Å². The summed E-state index contributed by atoms with van der Waals surface area (Å²) in [4.78, 5) is 33.1. The Balaban J connectivity index is 1.54. The lowest BCUT2D eigenvalue weighted by Crippen LogP contribution is -2.31. The Morgan fingerprint density at radius 2 is 2.31 bits per heavy atom. The van der Waals surface area contributed by atoms with E-state index in [2.05, 4.69) is 5.32 Å². The number of nitrogens with zero attached hydrogens (tertiary/aromatic N) is 2. The number of fused-ring (bicyclic) bond motifs is 3. The zero-order valence-corrected chi connectivity index (χ0v) is 17.0. The van der Waals surface area contributed by atoms with E-state index >= 15 is 0 Å². The highest BCUT2D eigenvalue weighted by Gasteiger charge is 2.24. The predicted octanol–water partition coefficient (Wildman–Crippen LogP) is 3.34. The van der Waals surface area contributed by atoms with E-state index in [4.69, 9.17) is 4.98 Å². The molecule has 1 atom stereocenters. The van der Waals surface area contributed by atoms with Crippen molar-refractivity contribution in [3.63, 3.8) is 0 Å². The number of hydrogen-bond donors (Lipinski definition) is 1. The van der Waals surface area contributed by atoms with E-state index in [0.717, 1.165) is 34.4 Å². The molecule has 1 aliphatic rings. The topological polar surface area (TPSA) is 64.0 Å². The van der Waals surface area contributed by atoms with Gasteiger partial charge in [0.05, 0.1) is 17.2 Å². The van der Waals surface area contributed by atoms with Gasteiger partial charge in [0.2, 0.25) is 5.91 Å². The number of amides is 1. The fourth-order valence-corrected chi connectivity index (χ4v) is 6.00. The molecule has 4 rings (SSSR count). The van der Waals surface area contributed by atoms with E-state index in [9.17, 15) is 9.59 Å². The molecule has 0 radical (unpaired) electrons. The molecule has 3 aromatic heterocycles. The number of nitrogens with one attached hydrogen (secondary N) is 1. The SMILES string of the molecule is C[C@H](Sc1nc2sc3c(c2c(=O)n1C)CCC3)C(=O)NCc1cccs1. The lowest BCUT2D eigenvalue weighted by atomic mass is 10.2. The smallest absolute Gasteiger partial charge is 0.262 e. The monoisotopic (exact) mass is 405 g/mol. The third-order valence-corrected chi connectivity index (χ3v) is 7.78. The molecule has 0 unspecified atom stereocenters. The summed E-state index contributed by atoms with van der Waals surface area (Å²) in [7, 11) is 1.74. The summed E-state index contributed by atoms with van der Waals surface area (Å²) < 4.78 is 1.58. The minimum atomic E-state index is -0.322. The normalized spacial score (nSPS) is 14.5. The van der Waals surface area contributed by atoms with E-state index < -0.39 is 0 Å². The number of carbonyl (C=O) groups is 1. The van der Waals surface area contributed by atoms with Crippen LogP contribution in [0.2, 0.25) is 0 Å². The predicted molar refractivity (Wildman–Crippen MR) is 108 cm³/mol. The first kappa shape index (κ1) is 17.8. The van der Waals surface area contributed by atoms with Gasteiger partial charge in [-0.15, -0.1) is 22.7 Å². The summed E-state index contributed by atoms with van der Waals surface area (Å²) in [5, 5.41) is 6.00.